The molecule has 42 heavy (non-hydrogen) atoms. The molecule has 0 bridgehead atoms. The molecule has 0 amide bonds. The summed E-state index contributed by atoms with van der Waals surface area (Å²) in [7, 11) is -5.65. The van der Waals surface area contributed by atoms with E-state index in [0.717, 1.165) is 23.6 Å². The highest BCUT2D eigenvalue weighted by atomic mass is 28.4. The number of hydrogen-bond donors (Lipinski definition) is 0. The van der Waals surface area contributed by atoms with Crippen molar-refractivity contribution in [2.24, 2.45) is 0 Å². The molecule has 0 unspecified atom stereocenters. The number of benzene rings is 6. The van der Waals surface area contributed by atoms with Gasteiger partial charge in [-0.1, -0.05) is 158 Å². The Bertz CT molecular complexity index is 1440. The van der Waals surface area contributed by atoms with Gasteiger partial charge in [0.2, 0.25) is 0 Å². The van der Waals surface area contributed by atoms with Gasteiger partial charge < -0.3 is 8.85 Å². The second kappa shape index (κ2) is 12.9. The van der Waals surface area contributed by atoms with Gasteiger partial charge in [0.25, 0.3) is 0 Å². The fourth-order valence-corrected chi connectivity index (χ4v) is 15.1. The largest absolute Gasteiger partial charge is 0.535 e. The summed E-state index contributed by atoms with van der Waals surface area (Å²) in [5, 5.41) is 5.01. The first-order valence-electron chi connectivity index (χ1n) is 14.5. The number of para-hydroxylation sites is 2. The summed E-state index contributed by atoms with van der Waals surface area (Å²) in [6, 6.07) is 65.6. The van der Waals surface area contributed by atoms with Gasteiger partial charge in [-0.2, -0.15) is 0 Å². The Labute approximate surface area is 251 Å². The fraction of sp³-hybridized carbons (Fsp3) is 0.0526. The van der Waals surface area contributed by atoms with Crippen LogP contribution in [-0.2, 0) is 0 Å². The van der Waals surface area contributed by atoms with Gasteiger partial charge in [-0.15, -0.1) is 0 Å². The van der Waals surface area contributed by atoms with Crippen LogP contribution in [0.1, 0.15) is 0 Å². The first-order chi connectivity index (χ1) is 20.8. The third kappa shape index (κ3) is 5.86. The van der Waals surface area contributed by atoms with Crippen LogP contribution < -0.4 is 29.6 Å². The molecule has 0 N–H and O–H groups in total. The van der Waals surface area contributed by atoms with E-state index in [1.165, 1.54) is 20.7 Å². The van der Waals surface area contributed by atoms with Crippen molar-refractivity contribution >= 4 is 37.4 Å². The minimum atomic E-state index is -2.83. The van der Waals surface area contributed by atoms with Crippen LogP contribution in [0.15, 0.2) is 182 Å². The summed E-state index contributed by atoms with van der Waals surface area (Å²) in [4.78, 5) is 0. The van der Waals surface area contributed by atoms with Crippen LogP contribution in [0.4, 0.5) is 0 Å². The Hall–Kier alpha value is -4.65. The Balaban J connectivity index is 1.54. The average Bonchev–Trinajstić information content (AvgIpc) is 3.08. The molecule has 0 aliphatic carbocycles. The Morgan fingerprint density at radius 3 is 0.738 bits per heavy atom. The lowest BCUT2D eigenvalue weighted by Crippen LogP contribution is -2.68. The molecule has 0 aromatic heterocycles. The quantitative estimate of drug-likeness (QED) is 0.160. The van der Waals surface area contributed by atoms with Gasteiger partial charge in [-0.05, 0) is 57.1 Å². The summed E-state index contributed by atoms with van der Waals surface area (Å²) in [6.45, 7) is 0. The van der Waals surface area contributed by atoms with E-state index in [0.29, 0.717) is 0 Å². The molecule has 0 heterocycles. The predicted molar refractivity (Wildman–Crippen MR) is 180 cm³/mol. The van der Waals surface area contributed by atoms with Crippen LogP contribution in [0.3, 0.4) is 0 Å². The van der Waals surface area contributed by atoms with E-state index in [-0.39, 0.29) is 0 Å². The van der Waals surface area contributed by atoms with Crippen LogP contribution in [0.2, 0.25) is 12.1 Å². The van der Waals surface area contributed by atoms with Crippen LogP contribution in [0.5, 0.6) is 11.5 Å². The van der Waals surface area contributed by atoms with Gasteiger partial charge in [0.1, 0.15) is 11.5 Å². The first kappa shape index (κ1) is 27.5. The fourth-order valence-electron chi connectivity index (χ4n) is 5.81. The molecule has 0 atom stereocenters. The molecular weight excluding hydrogens is 545 g/mol. The second-order valence-corrected chi connectivity index (χ2v) is 17.5. The molecule has 6 rings (SSSR count). The highest BCUT2D eigenvalue weighted by Gasteiger charge is 2.48. The highest BCUT2D eigenvalue weighted by Crippen LogP contribution is 2.27. The van der Waals surface area contributed by atoms with Crippen LogP contribution in [0, 0.1) is 0 Å². The van der Waals surface area contributed by atoms with E-state index in [2.05, 4.69) is 170 Å². The molecule has 0 aliphatic heterocycles. The maximum Gasteiger partial charge on any atom is 0.314 e. The summed E-state index contributed by atoms with van der Waals surface area (Å²) in [6.07, 6.45) is 0. The first-order valence-corrected chi connectivity index (χ1v) is 18.7. The molecule has 0 aliphatic rings. The summed E-state index contributed by atoms with van der Waals surface area (Å²) < 4.78 is 14.6. The maximum atomic E-state index is 7.30. The SMILES string of the molecule is c1ccc(O[Si](CC[Si](Oc2ccccc2)(c2ccccc2)c2ccccc2)(c2ccccc2)c2ccccc2)cc1. The number of hydrogen-bond acceptors (Lipinski definition) is 2. The molecule has 4 heteroatoms. The topological polar surface area (TPSA) is 18.5 Å². The van der Waals surface area contributed by atoms with E-state index in [1.807, 2.05) is 12.1 Å². The van der Waals surface area contributed by atoms with Crippen molar-refractivity contribution in [3.63, 3.8) is 0 Å². The van der Waals surface area contributed by atoms with Crippen molar-refractivity contribution in [1.29, 1.82) is 0 Å². The molecule has 0 radical (unpaired) electrons. The molecule has 0 saturated carbocycles. The third-order valence-electron chi connectivity index (χ3n) is 7.86. The molecular formula is C38H34O2Si2. The van der Waals surface area contributed by atoms with E-state index in [4.69, 9.17) is 8.85 Å². The van der Waals surface area contributed by atoms with Gasteiger partial charge in [-0.25, -0.2) is 0 Å². The molecule has 0 saturated heterocycles. The van der Waals surface area contributed by atoms with Gasteiger partial charge in [-0.3, -0.25) is 0 Å². The molecule has 206 valence electrons. The van der Waals surface area contributed by atoms with Crippen molar-refractivity contribution in [2.75, 3.05) is 0 Å². The lowest BCUT2D eigenvalue weighted by molar-refractivity contribution is 0.549. The summed E-state index contributed by atoms with van der Waals surface area (Å²) in [5.74, 6) is 1.79. The normalized spacial score (nSPS) is 11.5. The Kier molecular flexibility index (Phi) is 8.45. The van der Waals surface area contributed by atoms with Crippen molar-refractivity contribution in [3.05, 3.63) is 182 Å². The van der Waals surface area contributed by atoms with E-state index < -0.39 is 16.6 Å². The van der Waals surface area contributed by atoms with Crippen LogP contribution >= 0.6 is 0 Å². The summed E-state index contributed by atoms with van der Waals surface area (Å²) >= 11 is 0. The standard InChI is InChI=1S/C38H34O2Si2/c1-7-19-33(20-8-1)39-41(35-23-11-3-12-24-35,36-25-13-4-14-26-36)31-32-42(37-27-15-5-16-28-37,38-29-17-6-18-30-38)40-34-21-9-2-10-22-34/h1-30H,31-32H2. The molecule has 2 nitrogen and oxygen atoms in total. The molecule has 0 fully saturated rings. The lowest BCUT2D eigenvalue weighted by Gasteiger charge is -2.38. The summed E-state index contributed by atoms with van der Waals surface area (Å²) in [5.41, 5.74) is 0. The molecule has 0 spiro atoms. The zero-order chi connectivity index (χ0) is 28.5. The van der Waals surface area contributed by atoms with E-state index in [1.54, 1.807) is 0 Å². The Morgan fingerprint density at radius 1 is 0.286 bits per heavy atom. The lowest BCUT2D eigenvalue weighted by atomic mass is 10.3. The minimum Gasteiger partial charge on any atom is -0.535 e. The molecule has 6 aromatic carbocycles. The van der Waals surface area contributed by atoms with E-state index in [9.17, 15) is 0 Å². The smallest absolute Gasteiger partial charge is 0.314 e. The third-order valence-corrected chi connectivity index (χ3v) is 16.5. The second-order valence-electron chi connectivity index (χ2n) is 10.4. The van der Waals surface area contributed by atoms with Gasteiger partial charge in [0.05, 0.1) is 0 Å². The zero-order valence-electron chi connectivity index (χ0n) is 23.6. The van der Waals surface area contributed by atoms with Crippen LogP contribution in [0.25, 0.3) is 0 Å². The van der Waals surface area contributed by atoms with Gasteiger partial charge >= 0.3 is 16.6 Å². The van der Waals surface area contributed by atoms with Crippen molar-refractivity contribution in [3.8, 4) is 11.5 Å². The maximum absolute atomic E-state index is 7.30. The monoisotopic (exact) mass is 578 g/mol. The zero-order valence-corrected chi connectivity index (χ0v) is 25.6. The number of rotatable bonds is 11. The minimum absolute atomic E-state index is 0.846. The van der Waals surface area contributed by atoms with Crippen molar-refractivity contribution in [1.82, 2.24) is 0 Å². The molecule has 6 aromatic rings. The Morgan fingerprint density at radius 2 is 0.500 bits per heavy atom. The highest BCUT2D eigenvalue weighted by molar-refractivity contribution is 7.02. The predicted octanol–water partition coefficient (Wildman–Crippen LogP) is 6.66. The average molecular weight is 579 g/mol. The van der Waals surface area contributed by atoms with Gasteiger partial charge in [0.15, 0.2) is 0 Å². The van der Waals surface area contributed by atoms with E-state index >= 15 is 0 Å². The van der Waals surface area contributed by atoms with Gasteiger partial charge in [0, 0.05) is 0 Å². The van der Waals surface area contributed by atoms with Crippen molar-refractivity contribution < 1.29 is 8.85 Å². The van der Waals surface area contributed by atoms with Crippen molar-refractivity contribution in [2.45, 2.75) is 12.1 Å². The van der Waals surface area contributed by atoms with Crippen LogP contribution in [-0.4, -0.2) is 16.6 Å².